The second-order valence-electron chi connectivity index (χ2n) is 6.32. The van der Waals surface area contributed by atoms with Crippen molar-refractivity contribution in [3.05, 3.63) is 60.2 Å². The normalized spacial score (nSPS) is 10.9. The highest BCUT2D eigenvalue weighted by Gasteiger charge is 2.17. The van der Waals surface area contributed by atoms with Crippen LogP contribution in [0.15, 0.2) is 53.9 Å². The van der Waals surface area contributed by atoms with E-state index >= 15 is 0 Å². The van der Waals surface area contributed by atoms with Crippen LogP contribution in [0.25, 0.3) is 11.4 Å². The van der Waals surface area contributed by atoms with Gasteiger partial charge >= 0.3 is 0 Å². The van der Waals surface area contributed by atoms with Crippen molar-refractivity contribution in [3.8, 4) is 11.4 Å². The van der Waals surface area contributed by atoms with E-state index in [0.29, 0.717) is 29.7 Å². The lowest BCUT2D eigenvalue weighted by molar-refractivity contribution is -0.127. The number of rotatable bonds is 9. The van der Waals surface area contributed by atoms with Crippen molar-refractivity contribution in [2.24, 2.45) is 0 Å². The first-order valence-corrected chi connectivity index (χ1v) is 10.0. The molecule has 7 nitrogen and oxygen atoms in total. The van der Waals surface area contributed by atoms with Gasteiger partial charge in [0.15, 0.2) is 11.0 Å². The molecule has 0 unspecified atom stereocenters. The lowest BCUT2D eigenvalue weighted by atomic mass is 10.2. The molecule has 0 saturated heterocycles. The van der Waals surface area contributed by atoms with Crippen LogP contribution >= 0.6 is 11.8 Å². The Bertz CT molecular complexity index is 951. The number of pyridine rings is 1. The van der Waals surface area contributed by atoms with Crippen LogP contribution in [0.5, 0.6) is 0 Å². The van der Waals surface area contributed by atoms with E-state index < -0.39 is 0 Å². The average Bonchev–Trinajstić information content (AvgIpc) is 3.15. The second-order valence-corrected chi connectivity index (χ2v) is 7.26. The van der Waals surface area contributed by atoms with Crippen molar-refractivity contribution in [1.29, 1.82) is 0 Å². The molecule has 2 heterocycles. The molecule has 0 bridgehead atoms. The summed E-state index contributed by atoms with van der Waals surface area (Å²) < 4.78 is 20.9. The van der Waals surface area contributed by atoms with Crippen LogP contribution in [0, 0.1) is 5.82 Å². The van der Waals surface area contributed by atoms with Gasteiger partial charge in [0.1, 0.15) is 5.82 Å². The van der Waals surface area contributed by atoms with Crippen molar-refractivity contribution in [3.63, 3.8) is 0 Å². The number of aromatic nitrogens is 4. The number of hydrogen-bond acceptors (Lipinski definition) is 6. The molecular formula is C20H22FN5O2S. The minimum atomic E-state index is -0.318. The SMILES string of the molecule is COCCn1c(SCC(=O)N(C)Cc2ccccc2F)nnc1-c1ccncc1. The summed E-state index contributed by atoms with van der Waals surface area (Å²) in [5.41, 5.74) is 1.37. The summed E-state index contributed by atoms with van der Waals surface area (Å²) in [4.78, 5) is 18.1. The molecule has 0 radical (unpaired) electrons. The lowest BCUT2D eigenvalue weighted by Gasteiger charge is -2.17. The number of amides is 1. The van der Waals surface area contributed by atoms with Gasteiger partial charge in [0.25, 0.3) is 0 Å². The fraction of sp³-hybridized carbons (Fsp3) is 0.300. The number of benzene rings is 1. The Hall–Kier alpha value is -2.78. The predicted octanol–water partition coefficient (Wildman–Crippen LogP) is 2.88. The maximum atomic E-state index is 13.8. The summed E-state index contributed by atoms with van der Waals surface area (Å²) in [6.07, 6.45) is 3.39. The zero-order chi connectivity index (χ0) is 20.6. The van der Waals surface area contributed by atoms with E-state index in [9.17, 15) is 9.18 Å². The molecule has 29 heavy (non-hydrogen) atoms. The Balaban J connectivity index is 1.68. The molecule has 0 aliphatic heterocycles. The third-order valence-electron chi connectivity index (χ3n) is 4.29. The van der Waals surface area contributed by atoms with Crippen molar-refractivity contribution in [2.75, 3.05) is 26.5 Å². The van der Waals surface area contributed by atoms with Crippen molar-refractivity contribution in [1.82, 2.24) is 24.6 Å². The molecule has 0 N–H and O–H groups in total. The Labute approximate surface area is 172 Å². The van der Waals surface area contributed by atoms with Crippen LogP contribution < -0.4 is 0 Å². The highest BCUT2D eigenvalue weighted by atomic mass is 32.2. The molecule has 2 aromatic heterocycles. The Kier molecular flexibility index (Phi) is 7.31. The number of thioether (sulfide) groups is 1. The average molecular weight is 415 g/mol. The van der Waals surface area contributed by atoms with Gasteiger partial charge in [0, 0.05) is 44.2 Å². The van der Waals surface area contributed by atoms with Crippen LogP contribution in [0.3, 0.4) is 0 Å². The van der Waals surface area contributed by atoms with Crippen molar-refractivity contribution in [2.45, 2.75) is 18.2 Å². The van der Waals surface area contributed by atoms with Crippen LogP contribution in [0.1, 0.15) is 5.56 Å². The predicted molar refractivity (Wildman–Crippen MR) is 109 cm³/mol. The Morgan fingerprint density at radius 1 is 1.21 bits per heavy atom. The second kappa shape index (κ2) is 10.1. The first-order valence-electron chi connectivity index (χ1n) is 9.03. The van der Waals surface area contributed by atoms with E-state index in [1.165, 1.54) is 22.7 Å². The fourth-order valence-electron chi connectivity index (χ4n) is 2.70. The first-order chi connectivity index (χ1) is 14.1. The quantitative estimate of drug-likeness (QED) is 0.501. The number of methoxy groups -OCH3 is 1. The van der Waals surface area contributed by atoms with Gasteiger partial charge in [-0.15, -0.1) is 10.2 Å². The van der Waals surface area contributed by atoms with Gasteiger partial charge in [-0.3, -0.25) is 14.3 Å². The molecule has 0 aliphatic carbocycles. The molecule has 1 aromatic carbocycles. The molecule has 0 atom stereocenters. The number of halogens is 1. The smallest absolute Gasteiger partial charge is 0.233 e. The number of carbonyl (C=O) groups is 1. The van der Waals surface area contributed by atoms with Gasteiger partial charge in [0.2, 0.25) is 5.91 Å². The molecule has 0 aliphatic rings. The summed E-state index contributed by atoms with van der Waals surface area (Å²) in [6.45, 7) is 1.26. The highest BCUT2D eigenvalue weighted by molar-refractivity contribution is 7.99. The Morgan fingerprint density at radius 3 is 2.69 bits per heavy atom. The van der Waals surface area contributed by atoms with E-state index in [0.717, 1.165) is 5.56 Å². The van der Waals surface area contributed by atoms with Gasteiger partial charge in [-0.2, -0.15) is 0 Å². The molecule has 3 aromatic rings. The molecule has 1 amide bonds. The molecule has 3 rings (SSSR count). The van der Waals surface area contributed by atoms with Crippen molar-refractivity contribution < 1.29 is 13.9 Å². The maximum Gasteiger partial charge on any atom is 0.233 e. The summed E-state index contributed by atoms with van der Waals surface area (Å²) in [7, 11) is 3.29. The first kappa shape index (κ1) is 20.9. The van der Waals surface area contributed by atoms with Crippen LogP contribution in [0.2, 0.25) is 0 Å². The monoisotopic (exact) mass is 415 g/mol. The molecule has 0 fully saturated rings. The van der Waals surface area contributed by atoms with Crippen molar-refractivity contribution >= 4 is 17.7 Å². The summed E-state index contributed by atoms with van der Waals surface area (Å²) in [5, 5.41) is 9.15. The summed E-state index contributed by atoms with van der Waals surface area (Å²) in [5.74, 6) is 0.428. The third-order valence-corrected chi connectivity index (χ3v) is 5.24. The van der Waals surface area contributed by atoms with E-state index in [2.05, 4.69) is 15.2 Å². The largest absolute Gasteiger partial charge is 0.383 e. The van der Waals surface area contributed by atoms with Crippen LogP contribution in [-0.4, -0.2) is 57.1 Å². The summed E-state index contributed by atoms with van der Waals surface area (Å²) >= 11 is 1.30. The van der Waals surface area contributed by atoms with Gasteiger partial charge in [-0.1, -0.05) is 30.0 Å². The third kappa shape index (κ3) is 5.39. The molecule has 9 heteroatoms. The molecule has 152 valence electrons. The topological polar surface area (TPSA) is 73.1 Å². The molecular weight excluding hydrogens is 393 g/mol. The fourth-order valence-corrected chi connectivity index (χ4v) is 3.61. The highest BCUT2D eigenvalue weighted by Crippen LogP contribution is 2.24. The molecule has 0 saturated carbocycles. The van der Waals surface area contributed by atoms with Crippen LogP contribution in [0.4, 0.5) is 4.39 Å². The summed E-state index contributed by atoms with van der Waals surface area (Å²) in [6, 6.07) is 10.2. The van der Waals surface area contributed by atoms with E-state index in [1.54, 1.807) is 44.8 Å². The van der Waals surface area contributed by atoms with Gasteiger partial charge in [0.05, 0.1) is 18.9 Å². The standard InChI is InChI=1S/C20H22FN5O2S/c1-25(13-16-5-3-4-6-17(16)21)18(27)14-29-20-24-23-19(26(20)11-12-28-2)15-7-9-22-10-8-15/h3-10H,11-14H2,1-2H3. The lowest BCUT2D eigenvalue weighted by Crippen LogP contribution is -2.28. The Morgan fingerprint density at radius 2 is 1.97 bits per heavy atom. The number of carbonyl (C=O) groups excluding carboxylic acids is 1. The zero-order valence-electron chi connectivity index (χ0n) is 16.3. The van der Waals surface area contributed by atoms with Gasteiger partial charge < -0.3 is 9.64 Å². The zero-order valence-corrected chi connectivity index (χ0v) is 17.1. The maximum absolute atomic E-state index is 13.8. The van der Waals surface area contributed by atoms with Gasteiger partial charge in [-0.05, 0) is 18.2 Å². The number of ether oxygens (including phenoxy) is 1. The molecule has 0 spiro atoms. The number of nitrogens with zero attached hydrogens (tertiary/aromatic N) is 5. The van der Waals surface area contributed by atoms with Crippen LogP contribution in [-0.2, 0) is 22.6 Å². The minimum Gasteiger partial charge on any atom is -0.383 e. The van der Waals surface area contributed by atoms with E-state index in [-0.39, 0.29) is 24.0 Å². The number of hydrogen-bond donors (Lipinski definition) is 0. The van der Waals surface area contributed by atoms with Gasteiger partial charge in [-0.25, -0.2) is 4.39 Å². The van der Waals surface area contributed by atoms with E-state index in [4.69, 9.17) is 4.74 Å². The minimum absolute atomic E-state index is 0.120. The van der Waals surface area contributed by atoms with E-state index in [1.807, 2.05) is 16.7 Å².